The Morgan fingerprint density at radius 3 is 1.89 bits per heavy atom. The fraction of sp³-hybridized carbons (Fsp3) is 0.933. The number of unbranched alkanes of at least 4 members (excludes halogenated alkanes) is 8. The minimum absolute atomic E-state index is 0.157. The number of rotatable bonds is 14. The molecule has 2 nitrogen and oxygen atoms in total. The lowest BCUT2D eigenvalue weighted by Gasteiger charge is -2.02. The van der Waals surface area contributed by atoms with Gasteiger partial charge in [-0.3, -0.25) is 4.79 Å². The smallest absolute Gasteiger partial charge is 0.217 e. The van der Waals surface area contributed by atoms with E-state index < -0.39 is 0 Å². The topological polar surface area (TPSA) is 43.1 Å². The lowest BCUT2D eigenvalue weighted by molar-refractivity contribution is -0.118. The minimum atomic E-state index is -0.157. The van der Waals surface area contributed by atoms with Gasteiger partial charge < -0.3 is 5.73 Å². The van der Waals surface area contributed by atoms with Crippen LogP contribution in [0.3, 0.4) is 0 Å². The van der Waals surface area contributed by atoms with E-state index in [-0.39, 0.29) is 5.91 Å². The van der Waals surface area contributed by atoms with Crippen LogP contribution in [0.4, 0.5) is 0 Å². The number of carbonyl (C=O) groups excluding carboxylic acids is 1. The number of hydrogen-bond donors (Lipinski definition) is 1. The van der Waals surface area contributed by atoms with Crippen LogP contribution in [0.5, 0.6) is 0 Å². The normalized spacial score (nSPS) is 10.7. The van der Waals surface area contributed by atoms with Gasteiger partial charge in [0.1, 0.15) is 0 Å². The van der Waals surface area contributed by atoms with Gasteiger partial charge in [0.15, 0.2) is 0 Å². The summed E-state index contributed by atoms with van der Waals surface area (Å²) in [6.45, 7) is 2.25. The van der Waals surface area contributed by atoms with E-state index in [1.54, 1.807) is 0 Å². The molecular weight excluding hydrogens is 242 g/mol. The Kier molecular flexibility index (Phi) is 14.7. The molecule has 0 fully saturated rings. The quantitative estimate of drug-likeness (QED) is 0.473. The van der Waals surface area contributed by atoms with Crippen molar-refractivity contribution in [2.24, 2.45) is 5.73 Å². The van der Waals surface area contributed by atoms with Crippen LogP contribution in [0.15, 0.2) is 0 Å². The summed E-state index contributed by atoms with van der Waals surface area (Å²) in [5.41, 5.74) is 5.09. The van der Waals surface area contributed by atoms with Gasteiger partial charge in [-0.1, -0.05) is 51.9 Å². The number of amides is 1. The summed E-state index contributed by atoms with van der Waals surface area (Å²) >= 11 is 2.11. The molecule has 3 heteroatoms. The molecule has 0 aliphatic heterocycles. The lowest BCUT2D eigenvalue weighted by Crippen LogP contribution is -2.09. The van der Waals surface area contributed by atoms with Crippen molar-refractivity contribution in [1.82, 2.24) is 0 Å². The van der Waals surface area contributed by atoms with Crippen molar-refractivity contribution in [1.29, 1.82) is 0 Å². The van der Waals surface area contributed by atoms with Gasteiger partial charge in [-0.15, -0.1) is 0 Å². The van der Waals surface area contributed by atoms with Gasteiger partial charge in [-0.25, -0.2) is 0 Å². The molecule has 18 heavy (non-hydrogen) atoms. The fourth-order valence-corrected chi connectivity index (χ4v) is 3.02. The standard InChI is InChI=1S/C15H31NOS/c1-2-3-13-18-14-11-9-7-5-4-6-8-10-12-15(16)17/h2-14H2,1H3,(H2,16,17). The van der Waals surface area contributed by atoms with Crippen LogP contribution in [-0.4, -0.2) is 17.4 Å². The third-order valence-electron chi connectivity index (χ3n) is 3.10. The van der Waals surface area contributed by atoms with Crippen LogP contribution in [-0.2, 0) is 4.79 Å². The van der Waals surface area contributed by atoms with Crippen molar-refractivity contribution in [3.63, 3.8) is 0 Å². The monoisotopic (exact) mass is 273 g/mol. The fourth-order valence-electron chi connectivity index (χ4n) is 1.91. The van der Waals surface area contributed by atoms with Crippen LogP contribution < -0.4 is 5.73 Å². The highest BCUT2D eigenvalue weighted by atomic mass is 32.2. The van der Waals surface area contributed by atoms with Gasteiger partial charge in [0.05, 0.1) is 0 Å². The van der Waals surface area contributed by atoms with Crippen LogP contribution >= 0.6 is 11.8 Å². The van der Waals surface area contributed by atoms with Gasteiger partial charge in [0.2, 0.25) is 5.91 Å². The summed E-state index contributed by atoms with van der Waals surface area (Å²) in [6.07, 6.45) is 13.5. The molecule has 0 rings (SSSR count). The molecule has 0 radical (unpaired) electrons. The molecule has 0 heterocycles. The first-order valence-corrected chi connectivity index (χ1v) is 8.79. The summed E-state index contributed by atoms with van der Waals surface area (Å²) in [5, 5.41) is 0. The zero-order chi connectivity index (χ0) is 13.5. The van der Waals surface area contributed by atoms with E-state index in [0.29, 0.717) is 6.42 Å². The minimum Gasteiger partial charge on any atom is -0.370 e. The first-order valence-electron chi connectivity index (χ1n) is 7.63. The molecule has 0 unspecified atom stereocenters. The van der Waals surface area contributed by atoms with E-state index in [1.165, 1.54) is 62.9 Å². The summed E-state index contributed by atoms with van der Waals surface area (Å²) < 4.78 is 0. The molecule has 0 bridgehead atoms. The highest BCUT2D eigenvalue weighted by Crippen LogP contribution is 2.12. The van der Waals surface area contributed by atoms with Gasteiger partial charge in [0.25, 0.3) is 0 Å². The molecular formula is C15H31NOS. The van der Waals surface area contributed by atoms with Crippen LogP contribution in [0, 0.1) is 0 Å². The molecule has 1 amide bonds. The number of nitrogens with two attached hydrogens (primary N) is 1. The largest absolute Gasteiger partial charge is 0.370 e. The van der Waals surface area contributed by atoms with Crippen molar-refractivity contribution < 1.29 is 4.79 Å². The second-order valence-corrected chi connectivity index (χ2v) is 6.24. The summed E-state index contributed by atoms with van der Waals surface area (Å²) in [4.78, 5) is 10.5. The molecule has 0 spiro atoms. The summed E-state index contributed by atoms with van der Waals surface area (Å²) in [7, 11) is 0. The Labute approximate surface area is 117 Å². The molecule has 0 aromatic heterocycles. The van der Waals surface area contributed by atoms with Gasteiger partial charge in [-0.2, -0.15) is 11.8 Å². The van der Waals surface area contributed by atoms with Gasteiger partial charge >= 0.3 is 0 Å². The van der Waals surface area contributed by atoms with Crippen molar-refractivity contribution in [2.75, 3.05) is 11.5 Å². The maximum Gasteiger partial charge on any atom is 0.217 e. The van der Waals surface area contributed by atoms with E-state index in [0.717, 1.165) is 12.8 Å². The Morgan fingerprint density at radius 2 is 1.33 bits per heavy atom. The van der Waals surface area contributed by atoms with Crippen LogP contribution in [0.25, 0.3) is 0 Å². The average molecular weight is 273 g/mol. The molecule has 0 aromatic rings. The predicted molar refractivity (Wildman–Crippen MR) is 83.0 cm³/mol. The van der Waals surface area contributed by atoms with Crippen molar-refractivity contribution in [3.05, 3.63) is 0 Å². The van der Waals surface area contributed by atoms with E-state index in [1.807, 2.05) is 0 Å². The highest BCUT2D eigenvalue weighted by Gasteiger charge is 1.95. The van der Waals surface area contributed by atoms with Crippen molar-refractivity contribution in [2.45, 2.75) is 77.6 Å². The Bertz CT molecular complexity index is 185. The molecule has 0 atom stereocenters. The molecule has 0 saturated carbocycles. The highest BCUT2D eigenvalue weighted by molar-refractivity contribution is 7.99. The van der Waals surface area contributed by atoms with E-state index in [9.17, 15) is 4.79 Å². The summed E-state index contributed by atoms with van der Waals surface area (Å²) in [6, 6.07) is 0. The maximum atomic E-state index is 10.5. The number of carbonyl (C=O) groups is 1. The average Bonchev–Trinajstić information content (AvgIpc) is 2.34. The zero-order valence-electron chi connectivity index (χ0n) is 12.1. The second-order valence-electron chi connectivity index (χ2n) is 5.01. The zero-order valence-corrected chi connectivity index (χ0v) is 12.9. The molecule has 2 N–H and O–H groups in total. The first kappa shape index (κ1) is 17.8. The maximum absolute atomic E-state index is 10.5. The number of hydrogen-bond acceptors (Lipinski definition) is 2. The Hall–Kier alpha value is -0.180. The summed E-state index contributed by atoms with van der Waals surface area (Å²) in [5.74, 6) is 2.53. The molecule has 108 valence electrons. The van der Waals surface area contributed by atoms with Crippen LogP contribution in [0.2, 0.25) is 0 Å². The number of primary amides is 1. The third kappa shape index (κ3) is 15.8. The molecule has 0 aromatic carbocycles. The van der Waals surface area contributed by atoms with Gasteiger partial charge in [-0.05, 0) is 30.8 Å². The van der Waals surface area contributed by atoms with Gasteiger partial charge in [0, 0.05) is 6.42 Å². The molecule has 0 aliphatic rings. The van der Waals surface area contributed by atoms with E-state index in [4.69, 9.17) is 5.73 Å². The van der Waals surface area contributed by atoms with Crippen molar-refractivity contribution >= 4 is 17.7 Å². The number of thioether (sulfide) groups is 1. The van der Waals surface area contributed by atoms with E-state index in [2.05, 4.69) is 18.7 Å². The van der Waals surface area contributed by atoms with E-state index >= 15 is 0 Å². The van der Waals surface area contributed by atoms with Crippen molar-refractivity contribution in [3.8, 4) is 0 Å². The van der Waals surface area contributed by atoms with Crippen LogP contribution in [0.1, 0.15) is 77.6 Å². The SMILES string of the molecule is CCCCSCCCCCCCCCCC(N)=O. The predicted octanol–water partition coefficient (Wildman–Crippen LogP) is 4.52. The first-order chi connectivity index (χ1) is 8.77. The third-order valence-corrected chi connectivity index (χ3v) is 4.26. The Morgan fingerprint density at radius 1 is 0.833 bits per heavy atom. The Balaban J connectivity index is 2.92. The second kappa shape index (κ2) is 14.9. The lowest BCUT2D eigenvalue weighted by atomic mass is 10.1. The molecule has 0 saturated heterocycles. The molecule has 0 aliphatic carbocycles.